The standard InChI is InChI=1S/C12H13N3O2S2/c13-4-1-2-8-3-5-18-10(8)6-14-11(16)9-7-19-12(17)15-9/h3,5,9H,4,6-7,13H2,(H,14,16)(H,15,17). The number of rotatable bonds is 3. The lowest BCUT2D eigenvalue weighted by atomic mass is 10.2. The van der Waals surface area contributed by atoms with Crippen molar-refractivity contribution in [1.82, 2.24) is 10.6 Å². The van der Waals surface area contributed by atoms with Crippen LogP contribution in [0, 0.1) is 11.8 Å². The highest BCUT2D eigenvalue weighted by Crippen LogP contribution is 2.16. The highest BCUT2D eigenvalue weighted by atomic mass is 32.2. The molecular weight excluding hydrogens is 282 g/mol. The number of carbonyl (C=O) groups excluding carboxylic acids is 2. The second-order valence-electron chi connectivity index (χ2n) is 3.78. The molecular formula is C12H13N3O2S2. The summed E-state index contributed by atoms with van der Waals surface area (Å²) in [6, 6.07) is 1.47. The van der Waals surface area contributed by atoms with Gasteiger partial charge in [0, 0.05) is 16.2 Å². The van der Waals surface area contributed by atoms with Crippen LogP contribution in [-0.4, -0.2) is 29.5 Å². The van der Waals surface area contributed by atoms with Crippen LogP contribution < -0.4 is 16.4 Å². The van der Waals surface area contributed by atoms with Crippen LogP contribution in [0.3, 0.4) is 0 Å². The zero-order valence-corrected chi connectivity index (χ0v) is 11.7. The van der Waals surface area contributed by atoms with Crippen molar-refractivity contribution in [2.24, 2.45) is 5.73 Å². The Labute approximate surface area is 119 Å². The molecule has 7 heteroatoms. The molecule has 100 valence electrons. The van der Waals surface area contributed by atoms with E-state index in [4.69, 9.17) is 5.73 Å². The predicted octanol–water partition coefficient (Wildman–Crippen LogP) is 0.499. The topological polar surface area (TPSA) is 84.2 Å². The predicted molar refractivity (Wildman–Crippen MR) is 76.9 cm³/mol. The summed E-state index contributed by atoms with van der Waals surface area (Å²) in [5, 5.41) is 7.19. The Morgan fingerprint density at radius 1 is 1.63 bits per heavy atom. The van der Waals surface area contributed by atoms with Gasteiger partial charge in [-0.1, -0.05) is 23.6 Å². The Balaban J connectivity index is 1.90. The molecule has 0 spiro atoms. The van der Waals surface area contributed by atoms with Crippen molar-refractivity contribution in [3.05, 3.63) is 21.9 Å². The molecule has 19 heavy (non-hydrogen) atoms. The molecule has 5 nitrogen and oxygen atoms in total. The third-order valence-corrected chi connectivity index (χ3v) is 4.28. The summed E-state index contributed by atoms with van der Waals surface area (Å²) in [4.78, 5) is 23.8. The lowest BCUT2D eigenvalue weighted by molar-refractivity contribution is -0.122. The summed E-state index contributed by atoms with van der Waals surface area (Å²) in [7, 11) is 0. The summed E-state index contributed by atoms with van der Waals surface area (Å²) < 4.78 is 0. The van der Waals surface area contributed by atoms with E-state index in [0.717, 1.165) is 22.2 Å². The van der Waals surface area contributed by atoms with E-state index < -0.39 is 6.04 Å². The number of nitrogens with one attached hydrogen (secondary N) is 2. The van der Waals surface area contributed by atoms with Gasteiger partial charge in [-0.15, -0.1) is 11.3 Å². The van der Waals surface area contributed by atoms with E-state index in [1.807, 2.05) is 11.4 Å². The van der Waals surface area contributed by atoms with Gasteiger partial charge in [0.05, 0.1) is 13.1 Å². The van der Waals surface area contributed by atoms with Crippen LogP contribution in [0.2, 0.25) is 0 Å². The van der Waals surface area contributed by atoms with Crippen LogP contribution in [-0.2, 0) is 11.3 Å². The number of carbonyl (C=O) groups is 2. The van der Waals surface area contributed by atoms with Crippen molar-refractivity contribution in [2.75, 3.05) is 12.3 Å². The number of hydrogen-bond acceptors (Lipinski definition) is 5. The maximum absolute atomic E-state index is 11.8. The van der Waals surface area contributed by atoms with Crippen LogP contribution >= 0.6 is 23.1 Å². The van der Waals surface area contributed by atoms with E-state index in [2.05, 4.69) is 22.5 Å². The Hall–Kier alpha value is -1.49. The minimum Gasteiger partial charge on any atom is -0.349 e. The van der Waals surface area contributed by atoms with E-state index >= 15 is 0 Å². The maximum Gasteiger partial charge on any atom is 0.279 e. The highest BCUT2D eigenvalue weighted by molar-refractivity contribution is 8.14. The summed E-state index contributed by atoms with van der Waals surface area (Å²) >= 11 is 2.66. The average Bonchev–Trinajstić information content (AvgIpc) is 3.02. The third-order valence-electron chi connectivity index (χ3n) is 2.48. The van der Waals surface area contributed by atoms with Gasteiger partial charge in [0.1, 0.15) is 6.04 Å². The molecule has 1 unspecified atom stereocenters. The molecule has 0 aliphatic carbocycles. The molecule has 0 aromatic carbocycles. The smallest absolute Gasteiger partial charge is 0.279 e. The minimum absolute atomic E-state index is 0.147. The van der Waals surface area contributed by atoms with Crippen LogP contribution in [0.5, 0.6) is 0 Å². The Morgan fingerprint density at radius 3 is 3.16 bits per heavy atom. The fourth-order valence-corrected chi connectivity index (χ4v) is 3.10. The van der Waals surface area contributed by atoms with Crippen LogP contribution in [0.1, 0.15) is 10.4 Å². The molecule has 1 aromatic rings. The van der Waals surface area contributed by atoms with Crippen molar-refractivity contribution >= 4 is 34.2 Å². The van der Waals surface area contributed by atoms with E-state index in [1.54, 1.807) is 0 Å². The zero-order valence-electron chi connectivity index (χ0n) is 10.1. The molecule has 4 N–H and O–H groups in total. The average molecular weight is 295 g/mol. The lowest BCUT2D eigenvalue weighted by Crippen LogP contribution is -2.42. The molecule has 1 aliphatic heterocycles. The first kappa shape index (κ1) is 13.9. The summed E-state index contributed by atoms with van der Waals surface area (Å²) in [5.41, 5.74) is 6.22. The van der Waals surface area contributed by atoms with Gasteiger partial charge in [-0.25, -0.2) is 0 Å². The fraction of sp³-hybridized carbons (Fsp3) is 0.333. The molecule has 1 aromatic heterocycles. The van der Waals surface area contributed by atoms with Gasteiger partial charge in [0.15, 0.2) is 0 Å². The summed E-state index contributed by atoms with van der Waals surface area (Å²) in [6.07, 6.45) is 0. The molecule has 1 aliphatic rings. The molecule has 0 radical (unpaired) electrons. The Morgan fingerprint density at radius 2 is 2.47 bits per heavy atom. The van der Waals surface area contributed by atoms with Gasteiger partial charge < -0.3 is 16.4 Å². The molecule has 2 amide bonds. The molecule has 0 saturated carbocycles. The first-order valence-electron chi connectivity index (χ1n) is 5.67. The van der Waals surface area contributed by atoms with Gasteiger partial charge >= 0.3 is 0 Å². The van der Waals surface area contributed by atoms with Gasteiger partial charge in [-0.05, 0) is 11.4 Å². The molecule has 2 rings (SSSR count). The maximum atomic E-state index is 11.8. The van der Waals surface area contributed by atoms with Crippen LogP contribution in [0.4, 0.5) is 4.79 Å². The molecule has 1 saturated heterocycles. The quantitative estimate of drug-likeness (QED) is 0.709. The van der Waals surface area contributed by atoms with Crippen LogP contribution in [0.25, 0.3) is 0 Å². The summed E-state index contributed by atoms with van der Waals surface area (Å²) in [5.74, 6) is 6.07. The minimum atomic E-state index is -0.434. The molecule has 1 fully saturated rings. The Kier molecular flexibility index (Phi) is 4.85. The van der Waals surface area contributed by atoms with Gasteiger partial charge in [0.25, 0.3) is 5.24 Å². The normalized spacial score (nSPS) is 17.5. The SMILES string of the molecule is NCC#Cc1ccsc1CNC(=O)C1CSC(=O)N1. The first-order chi connectivity index (χ1) is 9.20. The molecule has 2 heterocycles. The Bertz CT molecular complexity index is 545. The third kappa shape index (κ3) is 3.73. The van der Waals surface area contributed by atoms with E-state index in [1.165, 1.54) is 11.3 Å². The number of hydrogen-bond donors (Lipinski definition) is 3. The summed E-state index contributed by atoms with van der Waals surface area (Å²) in [6.45, 7) is 0.731. The number of nitrogens with two attached hydrogens (primary N) is 1. The first-order valence-corrected chi connectivity index (χ1v) is 7.53. The van der Waals surface area contributed by atoms with Crippen molar-refractivity contribution < 1.29 is 9.59 Å². The number of thiophene rings is 1. The van der Waals surface area contributed by atoms with Crippen molar-refractivity contribution in [3.63, 3.8) is 0 Å². The molecule has 0 bridgehead atoms. The second-order valence-corrected chi connectivity index (χ2v) is 5.77. The largest absolute Gasteiger partial charge is 0.349 e. The van der Waals surface area contributed by atoms with E-state index in [-0.39, 0.29) is 11.1 Å². The van der Waals surface area contributed by atoms with Gasteiger partial charge in [-0.2, -0.15) is 0 Å². The van der Waals surface area contributed by atoms with Crippen molar-refractivity contribution in [3.8, 4) is 11.8 Å². The number of amides is 2. The number of thioether (sulfide) groups is 1. The highest BCUT2D eigenvalue weighted by Gasteiger charge is 2.27. The second kappa shape index (κ2) is 6.61. The van der Waals surface area contributed by atoms with Crippen LogP contribution in [0.15, 0.2) is 11.4 Å². The monoisotopic (exact) mass is 295 g/mol. The van der Waals surface area contributed by atoms with Gasteiger partial charge in [0.2, 0.25) is 5.91 Å². The fourth-order valence-electron chi connectivity index (χ4n) is 1.55. The van der Waals surface area contributed by atoms with E-state index in [0.29, 0.717) is 18.8 Å². The zero-order chi connectivity index (χ0) is 13.7. The van der Waals surface area contributed by atoms with Crippen molar-refractivity contribution in [2.45, 2.75) is 12.6 Å². The van der Waals surface area contributed by atoms with Gasteiger partial charge in [-0.3, -0.25) is 9.59 Å². The molecule has 1 atom stereocenters. The van der Waals surface area contributed by atoms with Crippen molar-refractivity contribution in [1.29, 1.82) is 0 Å². The van der Waals surface area contributed by atoms with E-state index in [9.17, 15) is 9.59 Å². The lowest BCUT2D eigenvalue weighted by Gasteiger charge is -2.09.